The highest BCUT2D eigenvalue weighted by Crippen LogP contribution is 2.32. The fraction of sp³-hybridized carbons (Fsp3) is 0.148. The van der Waals surface area contributed by atoms with Crippen molar-refractivity contribution in [2.24, 2.45) is 5.10 Å². The molecule has 0 aliphatic rings. The Hall–Kier alpha value is -4.11. The number of fused-ring (bicyclic) bond motifs is 1. The molecule has 36 heavy (non-hydrogen) atoms. The second kappa shape index (κ2) is 11.1. The Morgan fingerprint density at radius 2 is 1.89 bits per heavy atom. The quantitative estimate of drug-likeness (QED) is 0.220. The molecule has 0 bridgehead atoms. The fourth-order valence-corrected chi connectivity index (χ4v) is 3.87. The molecule has 0 saturated heterocycles. The molecule has 0 fully saturated rings. The van der Waals surface area contributed by atoms with E-state index in [1.165, 1.54) is 13.3 Å². The third-order valence-corrected chi connectivity index (χ3v) is 5.85. The predicted molar refractivity (Wildman–Crippen MR) is 142 cm³/mol. The molecule has 4 aromatic rings. The number of hydrazone groups is 1. The summed E-state index contributed by atoms with van der Waals surface area (Å²) in [4.78, 5) is 24.7. The van der Waals surface area contributed by atoms with Gasteiger partial charge in [-0.05, 0) is 73.0 Å². The van der Waals surface area contributed by atoms with E-state index in [1.807, 2.05) is 38.1 Å². The van der Waals surface area contributed by atoms with Crippen LogP contribution in [0.4, 0.5) is 5.69 Å². The van der Waals surface area contributed by atoms with Crippen LogP contribution in [0.1, 0.15) is 27.2 Å². The second-order valence-corrected chi connectivity index (χ2v) is 8.96. The summed E-state index contributed by atoms with van der Waals surface area (Å²) in [6, 6.07) is 17.9. The van der Waals surface area contributed by atoms with Gasteiger partial charge in [0.25, 0.3) is 5.91 Å². The van der Waals surface area contributed by atoms with Crippen LogP contribution in [0.2, 0.25) is 0 Å². The topological polar surface area (TPSA) is 102 Å². The van der Waals surface area contributed by atoms with Crippen molar-refractivity contribution in [3.63, 3.8) is 0 Å². The van der Waals surface area contributed by atoms with Crippen molar-refractivity contribution in [2.75, 3.05) is 19.0 Å². The highest BCUT2D eigenvalue weighted by molar-refractivity contribution is 9.10. The van der Waals surface area contributed by atoms with E-state index in [-0.39, 0.29) is 18.3 Å². The van der Waals surface area contributed by atoms with Gasteiger partial charge in [-0.15, -0.1) is 0 Å². The van der Waals surface area contributed by atoms with Crippen LogP contribution in [0, 0.1) is 13.8 Å². The number of nitrogens with zero attached hydrogens (tertiary/aromatic N) is 1. The van der Waals surface area contributed by atoms with Crippen molar-refractivity contribution in [1.82, 2.24) is 5.43 Å². The van der Waals surface area contributed by atoms with Crippen LogP contribution in [-0.4, -0.2) is 31.7 Å². The molecule has 0 radical (unpaired) electrons. The van der Waals surface area contributed by atoms with Crippen molar-refractivity contribution in [1.29, 1.82) is 0 Å². The number of amides is 2. The molecule has 3 aromatic carbocycles. The van der Waals surface area contributed by atoms with Crippen LogP contribution in [0.5, 0.6) is 11.5 Å². The standard InChI is InChI=1S/C27H24BrN3O5/c1-16-7-8-21(9-17(16)2)30-25(32)15-35-22-6-4-5-18(10-22)14-29-31-27(33)24-12-19-11-20(28)13-23(34-3)26(19)36-24/h4-14H,15H2,1-3H3,(H,30,32)(H,31,33)/b29-14-. The number of anilines is 1. The van der Waals surface area contributed by atoms with Gasteiger partial charge >= 0.3 is 5.91 Å². The number of benzene rings is 3. The van der Waals surface area contributed by atoms with E-state index in [0.29, 0.717) is 22.6 Å². The number of halogens is 1. The Morgan fingerprint density at radius 3 is 2.67 bits per heavy atom. The minimum atomic E-state index is -0.504. The number of rotatable bonds is 8. The fourth-order valence-electron chi connectivity index (χ4n) is 3.42. The molecule has 1 heterocycles. The van der Waals surface area contributed by atoms with Gasteiger partial charge in [0.15, 0.2) is 23.7 Å². The minimum Gasteiger partial charge on any atom is -0.493 e. The molecule has 0 aliphatic heterocycles. The largest absolute Gasteiger partial charge is 0.493 e. The maximum absolute atomic E-state index is 12.5. The molecule has 2 amide bonds. The Morgan fingerprint density at radius 1 is 1.06 bits per heavy atom. The molecule has 0 unspecified atom stereocenters. The van der Waals surface area contributed by atoms with Crippen molar-refractivity contribution < 1.29 is 23.5 Å². The lowest BCUT2D eigenvalue weighted by Gasteiger charge is -2.09. The van der Waals surface area contributed by atoms with Gasteiger partial charge < -0.3 is 19.2 Å². The van der Waals surface area contributed by atoms with Gasteiger partial charge in [-0.25, -0.2) is 5.43 Å². The van der Waals surface area contributed by atoms with E-state index in [1.54, 1.807) is 36.4 Å². The third-order valence-electron chi connectivity index (χ3n) is 5.39. The lowest BCUT2D eigenvalue weighted by atomic mass is 10.1. The van der Waals surface area contributed by atoms with Gasteiger partial charge in [0.05, 0.1) is 13.3 Å². The smallest absolute Gasteiger partial charge is 0.307 e. The van der Waals surface area contributed by atoms with Crippen LogP contribution in [0.25, 0.3) is 11.0 Å². The Labute approximate surface area is 216 Å². The normalized spacial score (nSPS) is 11.0. The van der Waals surface area contributed by atoms with Crippen LogP contribution >= 0.6 is 15.9 Å². The molecule has 2 N–H and O–H groups in total. The lowest BCUT2D eigenvalue weighted by molar-refractivity contribution is -0.118. The molecule has 0 atom stereocenters. The summed E-state index contributed by atoms with van der Waals surface area (Å²) in [5.74, 6) is 0.345. The number of ether oxygens (including phenoxy) is 2. The number of hydrogen-bond donors (Lipinski definition) is 2. The van der Waals surface area contributed by atoms with Crippen molar-refractivity contribution in [3.05, 3.63) is 87.6 Å². The van der Waals surface area contributed by atoms with Gasteiger partial charge in [0.1, 0.15) is 5.75 Å². The van der Waals surface area contributed by atoms with Gasteiger partial charge in [-0.3, -0.25) is 9.59 Å². The molecular formula is C27H24BrN3O5. The first-order chi connectivity index (χ1) is 17.3. The summed E-state index contributed by atoms with van der Waals surface area (Å²) < 4.78 is 17.4. The molecule has 4 rings (SSSR count). The molecule has 0 spiro atoms. The van der Waals surface area contributed by atoms with Crippen molar-refractivity contribution >= 4 is 50.6 Å². The highest BCUT2D eigenvalue weighted by atomic mass is 79.9. The van der Waals surface area contributed by atoms with Gasteiger partial charge in [-0.2, -0.15) is 5.10 Å². The molecule has 0 aliphatic carbocycles. The van der Waals surface area contributed by atoms with E-state index in [2.05, 4.69) is 31.8 Å². The third kappa shape index (κ3) is 6.11. The number of hydrogen-bond acceptors (Lipinski definition) is 6. The zero-order valence-corrected chi connectivity index (χ0v) is 21.5. The van der Waals surface area contributed by atoms with Crippen LogP contribution < -0.4 is 20.2 Å². The number of carbonyl (C=O) groups is 2. The molecule has 8 nitrogen and oxygen atoms in total. The molecule has 184 valence electrons. The van der Waals surface area contributed by atoms with Crippen molar-refractivity contribution in [3.8, 4) is 11.5 Å². The maximum Gasteiger partial charge on any atom is 0.307 e. The number of nitrogens with one attached hydrogen (secondary N) is 2. The number of carbonyl (C=O) groups excluding carboxylic acids is 2. The maximum atomic E-state index is 12.5. The summed E-state index contributed by atoms with van der Waals surface area (Å²) >= 11 is 3.40. The molecular weight excluding hydrogens is 526 g/mol. The van der Waals surface area contributed by atoms with Crippen LogP contribution in [0.15, 0.2) is 74.7 Å². The summed E-state index contributed by atoms with van der Waals surface area (Å²) in [6.07, 6.45) is 1.47. The monoisotopic (exact) mass is 549 g/mol. The zero-order chi connectivity index (χ0) is 25.7. The van der Waals surface area contributed by atoms with Gasteiger partial charge in [0.2, 0.25) is 0 Å². The lowest BCUT2D eigenvalue weighted by Crippen LogP contribution is -2.20. The molecule has 9 heteroatoms. The Kier molecular flexibility index (Phi) is 7.70. The Balaban J connectivity index is 1.33. The molecule has 1 aromatic heterocycles. The van der Waals surface area contributed by atoms with Gasteiger partial charge in [0, 0.05) is 15.5 Å². The molecule has 0 saturated carbocycles. The average molecular weight is 550 g/mol. The highest BCUT2D eigenvalue weighted by Gasteiger charge is 2.15. The summed E-state index contributed by atoms with van der Waals surface area (Å²) in [6.45, 7) is 3.86. The second-order valence-electron chi connectivity index (χ2n) is 8.04. The number of aryl methyl sites for hydroxylation is 2. The Bertz CT molecular complexity index is 1460. The average Bonchev–Trinajstić information content (AvgIpc) is 3.29. The zero-order valence-electron chi connectivity index (χ0n) is 19.9. The van der Waals surface area contributed by atoms with E-state index < -0.39 is 5.91 Å². The summed E-state index contributed by atoms with van der Waals surface area (Å²) in [7, 11) is 1.53. The van der Waals surface area contributed by atoms with Crippen LogP contribution in [-0.2, 0) is 4.79 Å². The number of furan rings is 1. The first-order valence-corrected chi connectivity index (χ1v) is 11.8. The van der Waals surface area contributed by atoms with Crippen molar-refractivity contribution in [2.45, 2.75) is 13.8 Å². The number of methoxy groups -OCH3 is 1. The van der Waals surface area contributed by atoms with E-state index in [9.17, 15) is 9.59 Å². The summed E-state index contributed by atoms with van der Waals surface area (Å²) in [5, 5.41) is 7.54. The van der Waals surface area contributed by atoms with E-state index >= 15 is 0 Å². The first-order valence-electron chi connectivity index (χ1n) is 11.0. The predicted octanol–water partition coefficient (Wildman–Crippen LogP) is 5.60. The van der Waals surface area contributed by atoms with E-state index in [4.69, 9.17) is 13.9 Å². The van der Waals surface area contributed by atoms with E-state index in [0.717, 1.165) is 26.7 Å². The van der Waals surface area contributed by atoms with Crippen LogP contribution in [0.3, 0.4) is 0 Å². The summed E-state index contributed by atoms with van der Waals surface area (Å²) in [5.41, 5.74) is 6.57. The SMILES string of the molecule is COc1cc(Br)cc2cc(C(=O)N/N=C\c3cccc(OCC(=O)Nc4ccc(C)c(C)c4)c3)oc12. The first kappa shape index (κ1) is 25.0. The van der Waals surface area contributed by atoms with Gasteiger partial charge in [-0.1, -0.05) is 34.1 Å². The minimum absolute atomic E-state index is 0.102.